The van der Waals surface area contributed by atoms with Crippen LogP contribution in [0.25, 0.3) is 0 Å². The van der Waals surface area contributed by atoms with E-state index in [1.165, 1.54) is 0 Å². The van der Waals surface area contributed by atoms with Gasteiger partial charge in [0.15, 0.2) is 0 Å². The first-order valence-electron chi connectivity index (χ1n) is 6.33. The van der Waals surface area contributed by atoms with Gasteiger partial charge >= 0.3 is 0 Å². The second-order valence-corrected chi connectivity index (χ2v) is 5.48. The van der Waals surface area contributed by atoms with Crippen LogP contribution in [-0.4, -0.2) is 5.88 Å². The molecule has 0 N–H and O–H groups in total. The monoisotopic (exact) mass is 338 g/mol. The van der Waals surface area contributed by atoms with E-state index in [1.807, 2.05) is 31.2 Å². The molecule has 0 saturated carbocycles. The first kappa shape index (κ1) is 16.0. The number of hydrogen-bond donors (Lipinski definition) is 0. The number of benzene rings is 2. The molecule has 4 heteroatoms. The predicted octanol–water partition coefficient (Wildman–Crippen LogP) is 5.47. The molecule has 0 heterocycles. The molecule has 0 atom stereocenters. The van der Waals surface area contributed by atoms with Crippen molar-refractivity contribution in [3.63, 3.8) is 0 Å². The summed E-state index contributed by atoms with van der Waals surface area (Å²) in [4.78, 5) is 0. The second kappa shape index (κ2) is 7.61. The smallest absolute Gasteiger partial charge is 0.120 e. The number of halogens is 3. The Morgan fingerprint density at radius 3 is 2.43 bits per heavy atom. The third-order valence-electron chi connectivity index (χ3n) is 2.93. The van der Waals surface area contributed by atoms with Crippen molar-refractivity contribution in [1.82, 2.24) is 0 Å². The van der Waals surface area contributed by atoms with Gasteiger partial charge in [0, 0.05) is 21.2 Å². The fourth-order valence-corrected chi connectivity index (χ4v) is 2.39. The molecule has 0 amide bonds. The van der Waals surface area contributed by atoms with Crippen LogP contribution >= 0.6 is 34.8 Å². The summed E-state index contributed by atoms with van der Waals surface area (Å²) in [7, 11) is 0. The summed E-state index contributed by atoms with van der Waals surface area (Å²) < 4.78 is 5.75. The van der Waals surface area contributed by atoms with Gasteiger partial charge in [-0.3, -0.25) is 0 Å². The van der Waals surface area contributed by atoms with Crippen LogP contribution in [0.3, 0.4) is 0 Å². The molecular weight excluding hydrogens is 327 g/mol. The molecule has 2 rings (SSSR count). The molecule has 2 aromatic carbocycles. The van der Waals surface area contributed by atoms with E-state index in [9.17, 15) is 0 Å². The summed E-state index contributed by atoms with van der Waals surface area (Å²) >= 11 is 17.8. The highest BCUT2D eigenvalue weighted by Crippen LogP contribution is 2.26. The molecule has 2 aromatic rings. The molecule has 108 valence electrons. The standard InChI is InChI=1S/C17H13Cl3O/c1-12-10-14(8-7-13(12)4-3-9-18)21-11-15-16(19)5-2-6-17(15)20/h2,5-8,10H,9,11H2,1H3. The summed E-state index contributed by atoms with van der Waals surface area (Å²) in [5, 5.41) is 1.20. The van der Waals surface area contributed by atoms with Gasteiger partial charge in [-0.2, -0.15) is 0 Å². The van der Waals surface area contributed by atoms with Crippen LogP contribution in [0.4, 0.5) is 0 Å². The summed E-state index contributed by atoms with van der Waals surface area (Å²) in [6.45, 7) is 2.30. The lowest BCUT2D eigenvalue weighted by Crippen LogP contribution is -1.98. The Labute approximate surface area is 139 Å². The van der Waals surface area contributed by atoms with Gasteiger partial charge in [-0.15, -0.1) is 11.6 Å². The summed E-state index contributed by atoms with van der Waals surface area (Å²) in [6, 6.07) is 11.1. The molecular formula is C17H13Cl3O. The van der Waals surface area contributed by atoms with Crippen LogP contribution in [0.15, 0.2) is 36.4 Å². The summed E-state index contributed by atoms with van der Waals surface area (Å²) in [5.74, 6) is 6.91. The zero-order chi connectivity index (χ0) is 15.2. The maximum atomic E-state index is 6.11. The van der Waals surface area contributed by atoms with Crippen molar-refractivity contribution in [2.75, 3.05) is 5.88 Å². The second-order valence-electron chi connectivity index (χ2n) is 4.40. The Morgan fingerprint density at radius 1 is 1.10 bits per heavy atom. The quantitative estimate of drug-likeness (QED) is 0.532. The minimum atomic E-state index is 0.322. The molecule has 0 aromatic heterocycles. The molecule has 0 aliphatic heterocycles. The van der Waals surface area contributed by atoms with E-state index in [-0.39, 0.29) is 0 Å². The van der Waals surface area contributed by atoms with E-state index < -0.39 is 0 Å². The van der Waals surface area contributed by atoms with Crippen molar-refractivity contribution in [1.29, 1.82) is 0 Å². The Balaban J connectivity index is 2.12. The van der Waals surface area contributed by atoms with E-state index in [0.717, 1.165) is 22.4 Å². The summed E-state index contributed by atoms with van der Waals surface area (Å²) in [5.41, 5.74) is 2.76. The van der Waals surface area contributed by atoms with Crippen molar-refractivity contribution in [2.24, 2.45) is 0 Å². The minimum absolute atomic E-state index is 0.322. The normalized spacial score (nSPS) is 9.90. The number of alkyl halides is 1. The van der Waals surface area contributed by atoms with E-state index in [0.29, 0.717) is 22.5 Å². The van der Waals surface area contributed by atoms with Gasteiger partial charge in [0.25, 0.3) is 0 Å². The van der Waals surface area contributed by atoms with Crippen molar-refractivity contribution >= 4 is 34.8 Å². The van der Waals surface area contributed by atoms with E-state index in [2.05, 4.69) is 11.8 Å². The average molecular weight is 340 g/mol. The van der Waals surface area contributed by atoms with Crippen LogP contribution in [0.5, 0.6) is 5.75 Å². The van der Waals surface area contributed by atoms with Gasteiger partial charge in [-0.1, -0.05) is 41.1 Å². The lowest BCUT2D eigenvalue weighted by molar-refractivity contribution is 0.306. The lowest BCUT2D eigenvalue weighted by Gasteiger charge is -2.10. The average Bonchev–Trinajstić information content (AvgIpc) is 2.46. The fourth-order valence-electron chi connectivity index (χ4n) is 1.82. The van der Waals surface area contributed by atoms with Gasteiger partial charge < -0.3 is 4.74 Å². The Bertz CT molecular complexity index is 679. The van der Waals surface area contributed by atoms with Crippen molar-refractivity contribution < 1.29 is 4.74 Å². The summed E-state index contributed by atoms with van der Waals surface area (Å²) in [6.07, 6.45) is 0. The number of aryl methyl sites for hydroxylation is 1. The van der Waals surface area contributed by atoms with Crippen molar-refractivity contribution in [3.05, 3.63) is 63.1 Å². The van der Waals surface area contributed by atoms with Crippen LogP contribution < -0.4 is 4.74 Å². The molecule has 0 radical (unpaired) electrons. The van der Waals surface area contributed by atoms with Crippen LogP contribution in [0.1, 0.15) is 16.7 Å². The van der Waals surface area contributed by atoms with Crippen LogP contribution in [-0.2, 0) is 6.61 Å². The third-order valence-corrected chi connectivity index (χ3v) is 3.77. The molecule has 0 bridgehead atoms. The zero-order valence-corrected chi connectivity index (χ0v) is 13.7. The molecule has 0 aliphatic carbocycles. The predicted molar refractivity (Wildman–Crippen MR) is 89.6 cm³/mol. The Hall–Kier alpha value is -1.33. The highest BCUT2D eigenvalue weighted by atomic mass is 35.5. The molecule has 0 unspecified atom stereocenters. The lowest BCUT2D eigenvalue weighted by atomic mass is 10.1. The number of hydrogen-bond acceptors (Lipinski definition) is 1. The fraction of sp³-hybridized carbons (Fsp3) is 0.176. The van der Waals surface area contributed by atoms with Crippen LogP contribution in [0.2, 0.25) is 10.0 Å². The topological polar surface area (TPSA) is 9.23 Å². The van der Waals surface area contributed by atoms with Crippen LogP contribution in [0, 0.1) is 18.8 Å². The van der Waals surface area contributed by atoms with E-state index in [4.69, 9.17) is 39.5 Å². The van der Waals surface area contributed by atoms with E-state index in [1.54, 1.807) is 12.1 Å². The molecule has 0 fully saturated rings. The van der Waals surface area contributed by atoms with Gasteiger partial charge in [0.05, 0.1) is 5.88 Å². The highest BCUT2D eigenvalue weighted by molar-refractivity contribution is 6.35. The van der Waals surface area contributed by atoms with Gasteiger partial charge in [-0.25, -0.2) is 0 Å². The molecule has 0 aliphatic rings. The maximum absolute atomic E-state index is 6.11. The molecule has 1 nitrogen and oxygen atoms in total. The molecule has 0 saturated heterocycles. The first-order valence-corrected chi connectivity index (χ1v) is 7.62. The minimum Gasteiger partial charge on any atom is -0.489 e. The first-order chi connectivity index (χ1) is 10.1. The largest absolute Gasteiger partial charge is 0.489 e. The number of rotatable bonds is 3. The van der Waals surface area contributed by atoms with Gasteiger partial charge in [-0.05, 0) is 42.8 Å². The van der Waals surface area contributed by atoms with Crippen molar-refractivity contribution in [2.45, 2.75) is 13.5 Å². The zero-order valence-electron chi connectivity index (χ0n) is 11.4. The van der Waals surface area contributed by atoms with E-state index >= 15 is 0 Å². The van der Waals surface area contributed by atoms with Gasteiger partial charge in [0.2, 0.25) is 0 Å². The SMILES string of the molecule is Cc1cc(OCc2c(Cl)cccc2Cl)ccc1C#CCCl. The number of ether oxygens (including phenoxy) is 1. The Kier molecular flexibility index (Phi) is 5.82. The van der Waals surface area contributed by atoms with Crippen molar-refractivity contribution in [3.8, 4) is 17.6 Å². The third kappa shape index (κ3) is 4.32. The molecule has 21 heavy (non-hydrogen) atoms. The Morgan fingerprint density at radius 2 is 1.81 bits per heavy atom. The maximum Gasteiger partial charge on any atom is 0.120 e. The molecule has 0 spiro atoms. The van der Waals surface area contributed by atoms with Gasteiger partial charge in [0.1, 0.15) is 12.4 Å². The highest BCUT2D eigenvalue weighted by Gasteiger charge is 2.06.